The van der Waals surface area contributed by atoms with Crippen LogP contribution in [-0.2, 0) is 0 Å². The van der Waals surface area contributed by atoms with Gasteiger partial charge in [0, 0.05) is 17.7 Å². The Labute approximate surface area is 89.6 Å². The van der Waals surface area contributed by atoms with Crippen molar-refractivity contribution in [3.05, 3.63) is 42.2 Å². The maximum Gasteiger partial charge on any atom is 0.131 e. The Bertz CT molecular complexity index is 338. The van der Waals surface area contributed by atoms with Crippen LogP contribution in [0.3, 0.4) is 0 Å². The van der Waals surface area contributed by atoms with Gasteiger partial charge < -0.3 is 10.5 Å². The molecule has 0 spiro atoms. The van der Waals surface area contributed by atoms with Gasteiger partial charge in [-0.15, -0.1) is 6.58 Å². The molecule has 0 saturated heterocycles. The summed E-state index contributed by atoms with van der Waals surface area (Å²) in [4.78, 5) is 0. The minimum Gasteiger partial charge on any atom is -0.497 e. The molecule has 0 aromatic heterocycles. The minimum atomic E-state index is -0.314. The number of allylic oxidation sites excluding steroid dienone is 1. The summed E-state index contributed by atoms with van der Waals surface area (Å²) in [5.74, 6) is 0.193. The topological polar surface area (TPSA) is 35.2 Å². The van der Waals surface area contributed by atoms with E-state index < -0.39 is 0 Å². The van der Waals surface area contributed by atoms with E-state index in [1.807, 2.05) is 0 Å². The van der Waals surface area contributed by atoms with Crippen LogP contribution in [0.4, 0.5) is 4.39 Å². The van der Waals surface area contributed by atoms with E-state index in [1.165, 1.54) is 13.2 Å². The van der Waals surface area contributed by atoms with Gasteiger partial charge in [-0.05, 0) is 18.9 Å². The summed E-state index contributed by atoms with van der Waals surface area (Å²) >= 11 is 0. The monoisotopic (exact) mass is 209 g/mol. The Morgan fingerprint density at radius 1 is 1.60 bits per heavy atom. The zero-order valence-electron chi connectivity index (χ0n) is 8.87. The first-order valence-corrected chi connectivity index (χ1v) is 4.89. The van der Waals surface area contributed by atoms with E-state index in [1.54, 1.807) is 18.2 Å². The Kier molecular flexibility index (Phi) is 4.31. The second-order valence-electron chi connectivity index (χ2n) is 3.36. The predicted octanol–water partition coefficient (Wildman–Crippen LogP) is 2.80. The zero-order chi connectivity index (χ0) is 11.3. The molecule has 2 nitrogen and oxygen atoms in total. The van der Waals surface area contributed by atoms with Gasteiger partial charge in [0.05, 0.1) is 7.11 Å². The number of nitrogens with two attached hydrogens (primary N) is 1. The first-order chi connectivity index (χ1) is 7.19. The lowest BCUT2D eigenvalue weighted by molar-refractivity contribution is 0.410. The lowest BCUT2D eigenvalue weighted by Gasteiger charge is -2.12. The van der Waals surface area contributed by atoms with Gasteiger partial charge in [-0.1, -0.05) is 12.1 Å². The maximum atomic E-state index is 13.5. The van der Waals surface area contributed by atoms with E-state index in [9.17, 15) is 4.39 Å². The summed E-state index contributed by atoms with van der Waals surface area (Å²) in [6, 6.07) is 4.45. The Balaban J connectivity index is 2.80. The molecule has 0 fully saturated rings. The van der Waals surface area contributed by atoms with Crippen LogP contribution in [0, 0.1) is 5.82 Å². The van der Waals surface area contributed by atoms with Crippen molar-refractivity contribution in [2.45, 2.75) is 18.9 Å². The number of benzene rings is 1. The molecule has 0 aliphatic heterocycles. The second kappa shape index (κ2) is 5.51. The molecule has 0 aliphatic carbocycles. The molecule has 0 amide bonds. The normalized spacial score (nSPS) is 12.2. The number of hydrogen-bond donors (Lipinski definition) is 1. The lowest BCUT2D eigenvalue weighted by atomic mass is 10.0. The van der Waals surface area contributed by atoms with Crippen molar-refractivity contribution >= 4 is 0 Å². The van der Waals surface area contributed by atoms with E-state index in [4.69, 9.17) is 10.5 Å². The van der Waals surface area contributed by atoms with Gasteiger partial charge in [-0.25, -0.2) is 4.39 Å². The van der Waals surface area contributed by atoms with Crippen molar-refractivity contribution in [2.24, 2.45) is 5.73 Å². The fourth-order valence-electron chi connectivity index (χ4n) is 1.39. The molecule has 2 N–H and O–H groups in total. The molecule has 0 radical (unpaired) electrons. The van der Waals surface area contributed by atoms with Gasteiger partial charge in [-0.2, -0.15) is 0 Å². The minimum absolute atomic E-state index is 0.283. The molecule has 15 heavy (non-hydrogen) atoms. The van der Waals surface area contributed by atoms with Crippen LogP contribution in [0.1, 0.15) is 24.4 Å². The van der Waals surface area contributed by atoms with E-state index in [0.29, 0.717) is 17.7 Å². The summed E-state index contributed by atoms with van der Waals surface area (Å²) in [6.45, 7) is 3.61. The molecular weight excluding hydrogens is 193 g/mol. The summed E-state index contributed by atoms with van der Waals surface area (Å²) in [5, 5.41) is 0. The predicted molar refractivity (Wildman–Crippen MR) is 59.3 cm³/mol. The largest absolute Gasteiger partial charge is 0.497 e. The summed E-state index contributed by atoms with van der Waals surface area (Å²) in [7, 11) is 1.51. The van der Waals surface area contributed by atoms with Gasteiger partial charge in [0.2, 0.25) is 0 Å². The number of ether oxygens (including phenoxy) is 1. The highest BCUT2D eigenvalue weighted by Gasteiger charge is 2.11. The van der Waals surface area contributed by atoms with Gasteiger partial charge in [0.1, 0.15) is 11.6 Å². The van der Waals surface area contributed by atoms with Crippen molar-refractivity contribution in [1.82, 2.24) is 0 Å². The summed E-state index contributed by atoms with van der Waals surface area (Å²) in [6.07, 6.45) is 3.26. The first kappa shape index (κ1) is 11.7. The molecule has 1 atom stereocenters. The zero-order valence-corrected chi connectivity index (χ0v) is 8.87. The Hall–Kier alpha value is -1.35. The third-order valence-electron chi connectivity index (χ3n) is 2.29. The number of rotatable bonds is 5. The third-order valence-corrected chi connectivity index (χ3v) is 2.29. The van der Waals surface area contributed by atoms with Crippen molar-refractivity contribution in [3.8, 4) is 5.75 Å². The summed E-state index contributed by atoms with van der Waals surface area (Å²) in [5.41, 5.74) is 6.37. The highest BCUT2D eigenvalue weighted by molar-refractivity contribution is 5.30. The highest BCUT2D eigenvalue weighted by atomic mass is 19.1. The second-order valence-corrected chi connectivity index (χ2v) is 3.36. The van der Waals surface area contributed by atoms with Crippen LogP contribution in [0.25, 0.3) is 0 Å². The number of hydrogen-bond acceptors (Lipinski definition) is 2. The van der Waals surface area contributed by atoms with Gasteiger partial charge in [-0.3, -0.25) is 0 Å². The molecule has 82 valence electrons. The third kappa shape index (κ3) is 3.06. The van der Waals surface area contributed by atoms with Crippen LogP contribution in [-0.4, -0.2) is 7.11 Å². The van der Waals surface area contributed by atoms with Crippen LogP contribution in [0.5, 0.6) is 5.75 Å². The highest BCUT2D eigenvalue weighted by Crippen LogP contribution is 2.23. The molecule has 0 heterocycles. The van der Waals surface area contributed by atoms with Crippen LogP contribution in [0.15, 0.2) is 30.9 Å². The van der Waals surface area contributed by atoms with E-state index in [0.717, 1.165) is 6.42 Å². The fourth-order valence-corrected chi connectivity index (χ4v) is 1.39. The quantitative estimate of drug-likeness (QED) is 0.757. The van der Waals surface area contributed by atoms with Gasteiger partial charge in [0.25, 0.3) is 0 Å². The van der Waals surface area contributed by atoms with Gasteiger partial charge in [0.15, 0.2) is 0 Å². The molecule has 1 rings (SSSR count). The van der Waals surface area contributed by atoms with Gasteiger partial charge >= 0.3 is 0 Å². The lowest BCUT2D eigenvalue weighted by Crippen LogP contribution is -2.11. The maximum absolute atomic E-state index is 13.5. The van der Waals surface area contributed by atoms with Crippen molar-refractivity contribution in [1.29, 1.82) is 0 Å². The number of methoxy groups -OCH3 is 1. The van der Waals surface area contributed by atoms with Crippen LogP contribution >= 0.6 is 0 Å². The van der Waals surface area contributed by atoms with E-state index >= 15 is 0 Å². The van der Waals surface area contributed by atoms with E-state index in [-0.39, 0.29) is 11.9 Å². The first-order valence-electron chi connectivity index (χ1n) is 4.89. The smallest absolute Gasteiger partial charge is 0.131 e. The molecular formula is C12H16FNO. The number of halogens is 1. The molecule has 1 unspecified atom stereocenters. The molecule has 0 bridgehead atoms. The van der Waals surface area contributed by atoms with Crippen LogP contribution < -0.4 is 10.5 Å². The fraction of sp³-hybridized carbons (Fsp3) is 0.333. The van der Waals surface area contributed by atoms with Crippen LogP contribution in [0.2, 0.25) is 0 Å². The molecule has 3 heteroatoms. The summed E-state index contributed by atoms with van der Waals surface area (Å²) < 4.78 is 18.4. The van der Waals surface area contributed by atoms with E-state index in [2.05, 4.69) is 6.58 Å². The molecule has 1 aromatic rings. The van der Waals surface area contributed by atoms with Crippen molar-refractivity contribution in [2.75, 3.05) is 7.11 Å². The Morgan fingerprint density at radius 2 is 2.33 bits per heavy atom. The standard InChI is InChI=1S/C12H16FNO/c1-3-4-5-12(14)10-7-6-9(15-2)8-11(10)13/h3,6-8,12H,1,4-5,14H2,2H3. The average molecular weight is 209 g/mol. The molecule has 0 saturated carbocycles. The average Bonchev–Trinajstić information content (AvgIpc) is 2.25. The SMILES string of the molecule is C=CCCC(N)c1ccc(OC)cc1F. The van der Waals surface area contributed by atoms with Crippen molar-refractivity contribution in [3.63, 3.8) is 0 Å². The molecule has 0 aliphatic rings. The van der Waals surface area contributed by atoms with Crippen molar-refractivity contribution < 1.29 is 9.13 Å². The Morgan fingerprint density at radius 3 is 2.87 bits per heavy atom. The molecule has 1 aromatic carbocycles.